The fourth-order valence-electron chi connectivity index (χ4n) is 3.04. The van der Waals surface area contributed by atoms with Crippen molar-refractivity contribution in [1.82, 2.24) is 4.90 Å². The Morgan fingerprint density at radius 1 is 0.962 bits per heavy atom. The second kappa shape index (κ2) is 7.35. The Balaban J connectivity index is 1.56. The third-order valence-corrected chi connectivity index (χ3v) is 4.37. The van der Waals surface area contributed by atoms with Crippen LogP contribution in [0.3, 0.4) is 0 Å². The minimum Gasteiger partial charge on any atom is -0.459 e. The van der Waals surface area contributed by atoms with Crippen molar-refractivity contribution in [3.8, 4) is 11.5 Å². The van der Waals surface area contributed by atoms with E-state index < -0.39 is 0 Å². The molecule has 1 aliphatic heterocycles. The van der Waals surface area contributed by atoms with Gasteiger partial charge >= 0.3 is 0 Å². The summed E-state index contributed by atoms with van der Waals surface area (Å²) in [6.45, 7) is 1.22. The second-order valence-electron chi connectivity index (χ2n) is 6.09. The molecule has 2 aromatic carbocycles. The number of nitrogens with zero attached hydrogens (tertiary/aromatic N) is 1. The van der Waals surface area contributed by atoms with Gasteiger partial charge in [0, 0.05) is 18.7 Å². The zero-order valence-corrected chi connectivity index (χ0v) is 14.3. The van der Waals surface area contributed by atoms with E-state index in [9.17, 15) is 4.79 Å². The first kappa shape index (κ1) is 16.3. The van der Waals surface area contributed by atoms with E-state index in [1.807, 2.05) is 36.4 Å². The molecule has 0 bridgehead atoms. The molecule has 4 rings (SSSR count). The highest BCUT2D eigenvalue weighted by Crippen LogP contribution is 2.36. The highest BCUT2D eigenvalue weighted by Gasteiger charge is 2.23. The van der Waals surface area contributed by atoms with Gasteiger partial charge < -0.3 is 18.8 Å². The molecule has 0 radical (unpaired) electrons. The van der Waals surface area contributed by atoms with E-state index in [-0.39, 0.29) is 12.7 Å². The van der Waals surface area contributed by atoms with Crippen LogP contribution in [0.5, 0.6) is 11.5 Å². The molecular formula is C21H19NO4. The van der Waals surface area contributed by atoms with Gasteiger partial charge in [0.1, 0.15) is 0 Å². The van der Waals surface area contributed by atoms with Crippen LogP contribution in [0.2, 0.25) is 0 Å². The van der Waals surface area contributed by atoms with Crippen molar-refractivity contribution in [3.05, 3.63) is 83.8 Å². The smallest absolute Gasteiger partial charge is 0.289 e. The number of fused-ring (bicyclic) bond motifs is 1. The topological polar surface area (TPSA) is 51.9 Å². The van der Waals surface area contributed by atoms with Gasteiger partial charge in [0.25, 0.3) is 5.91 Å². The predicted molar refractivity (Wildman–Crippen MR) is 96.2 cm³/mol. The molecule has 0 fully saturated rings. The first-order chi connectivity index (χ1) is 12.8. The number of amides is 1. The summed E-state index contributed by atoms with van der Waals surface area (Å²) in [5, 5.41) is 0. The molecule has 5 nitrogen and oxygen atoms in total. The molecular weight excluding hydrogens is 330 g/mol. The maximum Gasteiger partial charge on any atom is 0.289 e. The van der Waals surface area contributed by atoms with Crippen LogP contribution in [0.4, 0.5) is 0 Å². The molecule has 5 heteroatoms. The number of rotatable bonds is 6. The average molecular weight is 349 g/mol. The number of carbonyl (C=O) groups excluding carboxylic acids is 1. The van der Waals surface area contributed by atoms with Crippen LogP contribution in [0, 0.1) is 0 Å². The van der Waals surface area contributed by atoms with Gasteiger partial charge in [-0.15, -0.1) is 0 Å². The standard InChI is InChI=1S/C21H19NO4/c23-21(19-10-5-13-24-19)22(12-11-16-6-2-1-3-7-16)14-17-8-4-9-18-20(17)26-15-25-18/h1-10,13H,11-12,14-15H2. The van der Waals surface area contributed by atoms with Crippen LogP contribution in [0.25, 0.3) is 0 Å². The fraction of sp³-hybridized carbons (Fsp3) is 0.190. The van der Waals surface area contributed by atoms with Crippen LogP contribution in [-0.2, 0) is 13.0 Å². The number of carbonyl (C=O) groups is 1. The molecule has 0 N–H and O–H groups in total. The van der Waals surface area contributed by atoms with E-state index in [4.69, 9.17) is 13.9 Å². The number of furan rings is 1. The van der Waals surface area contributed by atoms with Crippen molar-refractivity contribution in [2.75, 3.05) is 13.3 Å². The first-order valence-corrected chi connectivity index (χ1v) is 8.55. The van der Waals surface area contributed by atoms with Crippen LogP contribution in [0.15, 0.2) is 71.3 Å². The van der Waals surface area contributed by atoms with E-state index >= 15 is 0 Å². The highest BCUT2D eigenvalue weighted by atomic mass is 16.7. The summed E-state index contributed by atoms with van der Waals surface area (Å²) >= 11 is 0. The van der Waals surface area contributed by atoms with Gasteiger partial charge in [-0.3, -0.25) is 4.79 Å². The van der Waals surface area contributed by atoms with Gasteiger partial charge in [0.05, 0.1) is 6.26 Å². The van der Waals surface area contributed by atoms with Crippen molar-refractivity contribution < 1.29 is 18.7 Å². The largest absolute Gasteiger partial charge is 0.459 e. The third-order valence-electron chi connectivity index (χ3n) is 4.37. The summed E-state index contributed by atoms with van der Waals surface area (Å²) < 4.78 is 16.3. The number of hydrogen-bond donors (Lipinski definition) is 0. The third kappa shape index (κ3) is 3.42. The minimum absolute atomic E-state index is 0.137. The number of hydrogen-bond acceptors (Lipinski definition) is 4. The SMILES string of the molecule is O=C(c1ccco1)N(CCc1ccccc1)Cc1cccc2c1OCO2. The molecule has 0 aliphatic carbocycles. The average Bonchev–Trinajstić information content (AvgIpc) is 3.37. The van der Waals surface area contributed by atoms with Crippen LogP contribution < -0.4 is 9.47 Å². The molecule has 132 valence electrons. The van der Waals surface area contributed by atoms with Crippen LogP contribution >= 0.6 is 0 Å². The maximum atomic E-state index is 12.9. The molecule has 3 aromatic rings. The number of ether oxygens (including phenoxy) is 2. The lowest BCUT2D eigenvalue weighted by molar-refractivity contribution is 0.0711. The lowest BCUT2D eigenvalue weighted by Crippen LogP contribution is -2.32. The Bertz CT molecular complexity index is 874. The van der Waals surface area contributed by atoms with Gasteiger partial charge in [-0.1, -0.05) is 42.5 Å². The number of para-hydroxylation sites is 1. The zero-order chi connectivity index (χ0) is 17.8. The molecule has 1 aliphatic rings. The Labute approximate surface area is 151 Å². The Hall–Kier alpha value is -3.21. The van der Waals surface area contributed by atoms with E-state index in [0.29, 0.717) is 24.6 Å². The molecule has 0 saturated carbocycles. The monoisotopic (exact) mass is 349 g/mol. The van der Waals surface area contributed by atoms with Crippen molar-refractivity contribution in [2.45, 2.75) is 13.0 Å². The molecule has 0 saturated heterocycles. The van der Waals surface area contributed by atoms with E-state index in [2.05, 4.69) is 12.1 Å². The summed E-state index contributed by atoms with van der Waals surface area (Å²) in [7, 11) is 0. The Morgan fingerprint density at radius 2 is 1.85 bits per heavy atom. The molecule has 0 atom stereocenters. The van der Waals surface area contributed by atoms with E-state index in [1.165, 1.54) is 11.8 Å². The summed E-state index contributed by atoms with van der Waals surface area (Å²) in [5.74, 6) is 1.63. The normalized spacial score (nSPS) is 12.2. The zero-order valence-electron chi connectivity index (χ0n) is 14.3. The summed E-state index contributed by atoms with van der Waals surface area (Å²) in [6, 6.07) is 19.3. The van der Waals surface area contributed by atoms with Crippen molar-refractivity contribution in [2.24, 2.45) is 0 Å². The minimum atomic E-state index is -0.137. The molecule has 1 amide bonds. The van der Waals surface area contributed by atoms with Gasteiger partial charge in [-0.2, -0.15) is 0 Å². The first-order valence-electron chi connectivity index (χ1n) is 8.55. The number of benzene rings is 2. The molecule has 2 heterocycles. The molecule has 26 heavy (non-hydrogen) atoms. The lowest BCUT2D eigenvalue weighted by atomic mass is 10.1. The second-order valence-corrected chi connectivity index (χ2v) is 6.09. The van der Waals surface area contributed by atoms with Crippen LogP contribution in [-0.4, -0.2) is 24.1 Å². The van der Waals surface area contributed by atoms with Gasteiger partial charge in [0.15, 0.2) is 17.3 Å². The summed E-state index contributed by atoms with van der Waals surface area (Å²) in [5.41, 5.74) is 2.11. The summed E-state index contributed by atoms with van der Waals surface area (Å²) in [4.78, 5) is 14.7. The predicted octanol–water partition coefficient (Wildman–Crippen LogP) is 3.89. The van der Waals surface area contributed by atoms with E-state index in [0.717, 1.165) is 17.7 Å². The fourth-order valence-corrected chi connectivity index (χ4v) is 3.04. The Kier molecular flexibility index (Phi) is 4.60. The van der Waals surface area contributed by atoms with Crippen molar-refractivity contribution in [1.29, 1.82) is 0 Å². The maximum absolute atomic E-state index is 12.9. The van der Waals surface area contributed by atoms with Crippen LogP contribution in [0.1, 0.15) is 21.7 Å². The van der Waals surface area contributed by atoms with Gasteiger partial charge in [0.2, 0.25) is 6.79 Å². The van der Waals surface area contributed by atoms with Gasteiger partial charge in [-0.05, 0) is 30.2 Å². The molecule has 0 spiro atoms. The Morgan fingerprint density at radius 3 is 2.65 bits per heavy atom. The summed E-state index contributed by atoms with van der Waals surface area (Å²) in [6.07, 6.45) is 2.28. The van der Waals surface area contributed by atoms with Crippen molar-refractivity contribution >= 4 is 5.91 Å². The molecule has 0 unspecified atom stereocenters. The van der Waals surface area contributed by atoms with E-state index in [1.54, 1.807) is 17.0 Å². The highest BCUT2D eigenvalue weighted by molar-refractivity contribution is 5.91. The quantitative estimate of drug-likeness (QED) is 0.677. The lowest BCUT2D eigenvalue weighted by Gasteiger charge is -2.22. The van der Waals surface area contributed by atoms with Gasteiger partial charge in [-0.25, -0.2) is 0 Å². The molecule has 1 aromatic heterocycles. The van der Waals surface area contributed by atoms with Crippen molar-refractivity contribution in [3.63, 3.8) is 0 Å².